The lowest BCUT2D eigenvalue weighted by molar-refractivity contribution is 0.100. The summed E-state index contributed by atoms with van der Waals surface area (Å²) in [6.07, 6.45) is 0. The quantitative estimate of drug-likeness (QED) is 0.504. The fourth-order valence-corrected chi connectivity index (χ4v) is 2.13. The zero-order valence-electron chi connectivity index (χ0n) is 15.1. The number of benzene rings is 3. The van der Waals surface area contributed by atoms with Crippen LogP contribution in [-0.2, 0) is 4.74 Å². The second-order valence-electron chi connectivity index (χ2n) is 4.74. The number of aliphatic hydroxyl groups excluding tert-OH is 1. The molecule has 1 N–H and O–H groups in total. The van der Waals surface area contributed by atoms with Gasteiger partial charge in [-0.25, -0.2) is 0 Å². The lowest BCUT2D eigenvalue weighted by atomic mass is 10.1. The number of methoxy groups -OCH3 is 1. The number of aliphatic hydroxyl groups is 1. The van der Waals surface area contributed by atoms with Gasteiger partial charge >= 0.3 is 0 Å². The molecule has 0 spiro atoms. The minimum absolute atomic E-state index is 0.284. The summed E-state index contributed by atoms with van der Waals surface area (Å²) in [7, 11) is 1.62. The minimum atomic E-state index is -0.284. The van der Waals surface area contributed by atoms with Gasteiger partial charge in [0.05, 0.1) is 7.11 Å². The number of hydrogen-bond acceptors (Lipinski definition) is 3. The SMILES string of the molecule is C=C(OC)c1ccccc1.CC.OCOc1cccc2ccccc12. The molecule has 0 heterocycles. The van der Waals surface area contributed by atoms with Crippen molar-refractivity contribution in [2.24, 2.45) is 0 Å². The van der Waals surface area contributed by atoms with Crippen molar-refractivity contribution in [1.29, 1.82) is 0 Å². The Morgan fingerprint density at radius 2 is 1.48 bits per heavy atom. The molecule has 25 heavy (non-hydrogen) atoms. The highest BCUT2D eigenvalue weighted by Gasteiger charge is 1.98. The molecule has 132 valence electrons. The fourth-order valence-electron chi connectivity index (χ4n) is 2.13. The van der Waals surface area contributed by atoms with E-state index in [4.69, 9.17) is 14.6 Å². The molecule has 0 bridgehead atoms. The predicted octanol–water partition coefficient (Wildman–Crippen LogP) is 5.50. The lowest BCUT2D eigenvalue weighted by Gasteiger charge is -2.05. The monoisotopic (exact) mass is 338 g/mol. The van der Waals surface area contributed by atoms with Crippen LogP contribution in [0.5, 0.6) is 5.75 Å². The van der Waals surface area contributed by atoms with Gasteiger partial charge in [0, 0.05) is 10.9 Å². The van der Waals surface area contributed by atoms with Crippen molar-refractivity contribution in [3.05, 3.63) is 84.9 Å². The van der Waals surface area contributed by atoms with Crippen molar-refractivity contribution < 1.29 is 14.6 Å². The van der Waals surface area contributed by atoms with Crippen LogP contribution < -0.4 is 4.74 Å². The molecule has 0 saturated carbocycles. The van der Waals surface area contributed by atoms with Gasteiger partial charge in [-0.15, -0.1) is 0 Å². The normalized spacial score (nSPS) is 9.12. The molecule has 0 fully saturated rings. The van der Waals surface area contributed by atoms with Crippen LogP contribution in [0, 0.1) is 0 Å². The Hall–Kier alpha value is -2.78. The first-order valence-electron chi connectivity index (χ1n) is 8.26. The Bertz CT molecular complexity index is 746. The van der Waals surface area contributed by atoms with Gasteiger partial charge < -0.3 is 14.6 Å². The van der Waals surface area contributed by atoms with E-state index in [0.29, 0.717) is 5.76 Å². The van der Waals surface area contributed by atoms with Gasteiger partial charge in [0.1, 0.15) is 11.5 Å². The molecule has 3 heteroatoms. The van der Waals surface area contributed by atoms with Crippen LogP contribution in [0.2, 0.25) is 0 Å². The van der Waals surface area contributed by atoms with Gasteiger partial charge in [0.15, 0.2) is 6.79 Å². The molecular formula is C22H26O3. The Kier molecular flexibility index (Phi) is 9.49. The molecule has 3 nitrogen and oxygen atoms in total. The van der Waals surface area contributed by atoms with Crippen molar-refractivity contribution >= 4 is 16.5 Å². The average Bonchev–Trinajstić information content (AvgIpc) is 2.70. The standard InChI is InChI=1S/C11H10O2.C9H10O.C2H6/c12-8-13-11-7-3-5-9-4-1-2-6-10(9)11;1-8(10-2)9-6-4-3-5-7-9;1-2/h1-7,12H,8H2;3-7H,1H2,2H3;1-2H3. The number of rotatable bonds is 4. The van der Waals surface area contributed by atoms with E-state index in [1.54, 1.807) is 7.11 Å². The van der Waals surface area contributed by atoms with Gasteiger partial charge in [-0.3, -0.25) is 0 Å². The number of fused-ring (bicyclic) bond motifs is 1. The molecule has 0 radical (unpaired) electrons. The summed E-state index contributed by atoms with van der Waals surface area (Å²) >= 11 is 0. The Balaban J connectivity index is 0.000000235. The summed E-state index contributed by atoms with van der Waals surface area (Å²) in [5, 5.41) is 10.8. The molecule has 0 unspecified atom stereocenters. The van der Waals surface area contributed by atoms with E-state index in [2.05, 4.69) is 6.58 Å². The van der Waals surface area contributed by atoms with Crippen LogP contribution in [0.15, 0.2) is 79.4 Å². The average molecular weight is 338 g/mol. The van der Waals surface area contributed by atoms with Crippen molar-refractivity contribution in [2.75, 3.05) is 13.9 Å². The van der Waals surface area contributed by atoms with Gasteiger partial charge in [-0.05, 0) is 11.5 Å². The maximum Gasteiger partial charge on any atom is 0.186 e. The summed E-state index contributed by atoms with van der Waals surface area (Å²) in [5.74, 6) is 1.43. The van der Waals surface area contributed by atoms with E-state index in [0.717, 1.165) is 22.1 Å². The third-order valence-corrected chi connectivity index (χ3v) is 3.31. The van der Waals surface area contributed by atoms with Gasteiger partial charge in [0.2, 0.25) is 0 Å². The minimum Gasteiger partial charge on any atom is -0.497 e. The van der Waals surface area contributed by atoms with Crippen LogP contribution in [-0.4, -0.2) is 19.0 Å². The summed E-state index contributed by atoms with van der Waals surface area (Å²) in [4.78, 5) is 0. The first-order valence-corrected chi connectivity index (χ1v) is 8.26. The second kappa shape index (κ2) is 11.7. The van der Waals surface area contributed by atoms with Crippen LogP contribution in [0.3, 0.4) is 0 Å². The topological polar surface area (TPSA) is 38.7 Å². The molecule has 0 aliphatic heterocycles. The highest BCUT2D eigenvalue weighted by Crippen LogP contribution is 2.24. The first-order chi connectivity index (χ1) is 12.3. The van der Waals surface area contributed by atoms with E-state index in [1.807, 2.05) is 86.6 Å². The summed E-state index contributed by atoms with van der Waals surface area (Å²) in [6, 6.07) is 23.5. The summed E-state index contributed by atoms with van der Waals surface area (Å²) in [5.41, 5.74) is 1.03. The van der Waals surface area contributed by atoms with Crippen LogP contribution >= 0.6 is 0 Å². The molecule has 0 aliphatic carbocycles. The van der Waals surface area contributed by atoms with Crippen molar-refractivity contribution in [2.45, 2.75) is 13.8 Å². The molecule has 3 aromatic carbocycles. The third-order valence-electron chi connectivity index (χ3n) is 3.31. The Labute approximate surface area is 150 Å². The molecule has 3 rings (SSSR count). The third kappa shape index (κ3) is 6.32. The number of hydrogen-bond donors (Lipinski definition) is 1. The maximum atomic E-state index is 8.66. The van der Waals surface area contributed by atoms with Gasteiger partial charge in [0.25, 0.3) is 0 Å². The molecule has 3 aromatic rings. The van der Waals surface area contributed by atoms with Gasteiger partial charge in [-0.2, -0.15) is 0 Å². The van der Waals surface area contributed by atoms with Crippen molar-refractivity contribution in [3.8, 4) is 5.75 Å². The fraction of sp³-hybridized carbons (Fsp3) is 0.182. The first kappa shape index (κ1) is 20.3. The van der Waals surface area contributed by atoms with Crippen LogP contribution in [0.1, 0.15) is 19.4 Å². The maximum absolute atomic E-state index is 8.66. The summed E-state index contributed by atoms with van der Waals surface area (Å²) < 4.78 is 10.0. The van der Waals surface area contributed by atoms with Crippen LogP contribution in [0.4, 0.5) is 0 Å². The van der Waals surface area contributed by atoms with E-state index < -0.39 is 0 Å². The zero-order valence-corrected chi connectivity index (χ0v) is 15.1. The molecule has 0 amide bonds. The summed E-state index contributed by atoms with van der Waals surface area (Å²) in [6.45, 7) is 7.44. The molecule has 0 aliphatic rings. The highest BCUT2D eigenvalue weighted by atomic mass is 16.6. The molecular weight excluding hydrogens is 312 g/mol. The van der Waals surface area contributed by atoms with Crippen molar-refractivity contribution in [1.82, 2.24) is 0 Å². The van der Waals surface area contributed by atoms with E-state index >= 15 is 0 Å². The molecule has 0 atom stereocenters. The van der Waals surface area contributed by atoms with Crippen molar-refractivity contribution in [3.63, 3.8) is 0 Å². The Morgan fingerprint density at radius 3 is 2.12 bits per heavy atom. The van der Waals surface area contributed by atoms with E-state index in [9.17, 15) is 0 Å². The largest absolute Gasteiger partial charge is 0.497 e. The predicted molar refractivity (Wildman–Crippen MR) is 105 cm³/mol. The smallest absolute Gasteiger partial charge is 0.186 e. The highest BCUT2D eigenvalue weighted by molar-refractivity contribution is 5.88. The molecule has 0 aromatic heterocycles. The number of ether oxygens (including phenoxy) is 2. The van der Waals surface area contributed by atoms with Gasteiger partial charge in [-0.1, -0.05) is 87.2 Å². The molecule has 0 saturated heterocycles. The van der Waals surface area contributed by atoms with E-state index in [1.165, 1.54) is 0 Å². The lowest BCUT2D eigenvalue weighted by Crippen LogP contribution is -1.94. The zero-order chi connectivity index (χ0) is 18.5. The Morgan fingerprint density at radius 1 is 0.880 bits per heavy atom. The van der Waals surface area contributed by atoms with Crippen LogP contribution in [0.25, 0.3) is 16.5 Å². The van der Waals surface area contributed by atoms with E-state index in [-0.39, 0.29) is 6.79 Å². The second-order valence-corrected chi connectivity index (χ2v) is 4.74.